The van der Waals surface area contributed by atoms with Crippen molar-refractivity contribution in [2.45, 2.75) is 108 Å². The first-order chi connectivity index (χ1) is 20.4. The van der Waals surface area contributed by atoms with Crippen LogP contribution in [0.2, 0.25) is 0 Å². The highest BCUT2D eigenvalue weighted by molar-refractivity contribution is 6.01. The first kappa shape index (κ1) is 28.8. The number of rotatable bonds is 9. The van der Waals surface area contributed by atoms with Gasteiger partial charge in [-0.2, -0.15) is 0 Å². The molecule has 0 spiro atoms. The first-order valence-corrected chi connectivity index (χ1v) is 15.8. The van der Waals surface area contributed by atoms with Crippen molar-refractivity contribution in [3.8, 4) is 0 Å². The molecule has 4 atom stereocenters. The normalized spacial score (nSPS) is 29.7. The van der Waals surface area contributed by atoms with Crippen LogP contribution in [0.3, 0.4) is 0 Å². The second-order valence-corrected chi connectivity index (χ2v) is 12.8. The largest absolute Gasteiger partial charge is 0.479 e. The van der Waals surface area contributed by atoms with Crippen LogP contribution in [0.4, 0.5) is 0 Å². The number of carbonyl (C=O) groups is 2. The highest BCUT2D eigenvalue weighted by atomic mass is 16.6. The van der Waals surface area contributed by atoms with E-state index in [1.165, 1.54) is 57.8 Å². The van der Waals surface area contributed by atoms with Gasteiger partial charge in [0.2, 0.25) is 12.5 Å². The van der Waals surface area contributed by atoms with Crippen LogP contribution >= 0.6 is 0 Å². The van der Waals surface area contributed by atoms with Crippen LogP contribution in [0.5, 0.6) is 0 Å². The average molecular weight is 578 g/mol. The number of carbonyl (C=O) groups excluding carboxylic acids is 1. The van der Waals surface area contributed by atoms with E-state index in [4.69, 9.17) is 14.9 Å². The topological polar surface area (TPSA) is 126 Å². The van der Waals surface area contributed by atoms with Crippen LogP contribution in [-0.4, -0.2) is 68.9 Å². The number of carboxylic acid groups (broad SMARTS) is 1. The fraction of sp³-hybridized carbons (Fsp3) is 0.656. The third-order valence-electron chi connectivity index (χ3n) is 10.2. The minimum absolute atomic E-state index is 0.0268. The van der Waals surface area contributed by atoms with Gasteiger partial charge in [-0.3, -0.25) is 14.5 Å². The molecular formula is C32H43N5O5. The van der Waals surface area contributed by atoms with Crippen molar-refractivity contribution < 1.29 is 19.5 Å². The Morgan fingerprint density at radius 1 is 0.952 bits per heavy atom. The summed E-state index contributed by atoms with van der Waals surface area (Å²) in [5, 5.41) is 15.7. The highest BCUT2D eigenvalue weighted by Gasteiger charge is 2.45. The smallest absolute Gasteiger partial charge is 0.344 e. The molecule has 3 heterocycles. The molecule has 4 bridgehead atoms. The average Bonchev–Trinajstić information content (AvgIpc) is 2.97. The van der Waals surface area contributed by atoms with Gasteiger partial charge in [-0.05, 0) is 68.9 Å². The lowest BCUT2D eigenvalue weighted by Crippen LogP contribution is -2.58. The molecule has 2 aliphatic carbocycles. The number of hydrogen-bond acceptors (Lipinski definition) is 7. The Morgan fingerprint density at radius 3 is 2.33 bits per heavy atom. The molecule has 2 aromatic rings. The Balaban J connectivity index is 1.34. The number of para-hydroxylation sites is 2. The second-order valence-electron chi connectivity index (χ2n) is 12.8. The van der Waals surface area contributed by atoms with Crippen LogP contribution in [0.1, 0.15) is 95.2 Å². The summed E-state index contributed by atoms with van der Waals surface area (Å²) >= 11 is 0. The van der Waals surface area contributed by atoms with E-state index in [0.717, 1.165) is 30.2 Å². The number of oxime groups is 1. The molecule has 1 aromatic heterocycles. The van der Waals surface area contributed by atoms with Crippen LogP contribution < -0.4 is 10.9 Å². The fourth-order valence-corrected chi connectivity index (χ4v) is 8.57. The summed E-state index contributed by atoms with van der Waals surface area (Å²) in [7, 11) is 1.55. The van der Waals surface area contributed by atoms with E-state index >= 15 is 0 Å². The predicted molar refractivity (Wildman–Crippen MR) is 159 cm³/mol. The van der Waals surface area contributed by atoms with E-state index in [1.54, 1.807) is 7.05 Å². The lowest BCUT2D eigenvalue weighted by molar-refractivity contribution is -0.142. The lowest BCUT2D eigenvalue weighted by atomic mass is 9.68. The molecule has 42 heavy (non-hydrogen) atoms. The molecular weight excluding hydrogens is 534 g/mol. The van der Waals surface area contributed by atoms with E-state index in [1.807, 2.05) is 28.8 Å². The van der Waals surface area contributed by atoms with Crippen molar-refractivity contribution in [1.29, 1.82) is 0 Å². The maximum absolute atomic E-state index is 14.3. The number of nitrogens with zero attached hydrogens (tertiary/aromatic N) is 4. The molecule has 2 aliphatic heterocycles. The maximum atomic E-state index is 14.3. The number of amides is 1. The lowest BCUT2D eigenvalue weighted by Gasteiger charge is -2.55. The van der Waals surface area contributed by atoms with Crippen molar-refractivity contribution >= 4 is 28.6 Å². The number of carboxylic acids is 1. The molecule has 1 amide bonds. The Bertz CT molecular complexity index is 1380. The van der Waals surface area contributed by atoms with E-state index < -0.39 is 12.6 Å². The number of piperidine rings is 2. The summed E-state index contributed by atoms with van der Waals surface area (Å²) in [6.07, 6.45) is 13.9. The predicted octanol–water partition coefficient (Wildman–Crippen LogP) is 4.25. The Morgan fingerprint density at radius 2 is 1.64 bits per heavy atom. The third-order valence-corrected chi connectivity index (χ3v) is 10.2. The van der Waals surface area contributed by atoms with Gasteiger partial charge in [-0.25, -0.2) is 9.78 Å². The van der Waals surface area contributed by atoms with Crippen LogP contribution in [0, 0.1) is 11.8 Å². The fourth-order valence-electron chi connectivity index (χ4n) is 8.57. The molecule has 10 heteroatoms. The van der Waals surface area contributed by atoms with Crippen LogP contribution in [0.25, 0.3) is 11.0 Å². The number of aliphatic carboxylic acids is 1. The Labute approximate surface area is 246 Å². The van der Waals surface area contributed by atoms with E-state index in [-0.39, 0.29) is 41.8 Å². The van der Waals surface area contributed by atoms with Crippen LogP contribution in [-0.2, 0) is 14.4 Å². The molecule has 1 aromatic carbocycles. The molecule has 4 fully saturated rings. The SMILES string of the molecule is CNC(=O)CCC(=NOCC(=O)O)c1nc2ccccc2n(C2CC3CCCC(C2)N3C2CC3CCCC(C3)C2)c1=O. The summed E-state index contributed by atoms with van der Waals surface area (Å²) in [5.74, 6) is 0.375. The number of nitrogens with one attached hydrogen (secondary N) is 1. The van der Waals surface area contributed by atoms with Gasteiger partial charge in [0, 0.05) is 44.1 Å². The zero-order chi connectivity index (χ0) is 29.2. The molecule has 0 radical (unpaired) electrons. The van der Waals surface area contributed by atoms with E-state index in [9.17, 15) is 14.4 Å². The zero-order valence-electron chi connectivity index (χ0n) is 24.5. The van der Waals surface area contributed by atoms with Crippen molar-refractivity contribution in [2.75, 3.05) is 13.7 Å². The van der Waals surface area contributed by atoms with E-state index in [0.29, 0.717) is 23.6 Å². The van der Waals surface area contributed by atoms with Crippen molar-refractivity contribution in [1.82, 2.24) is 19.8 Å². The van der Waals surface area contributed by atoms with Crippen molar-refractivity contribution in [3.05, 3.63) is 40.3 Å². The minimum atomic E-state index is -1.17. The minimum Gasteiger partial charge on any atom is -0.479 e. The van der Waals surface area contributed by atoms with Gasteiger partial charge in [-0.1, -0.05) is 43.0 Å². The van der Waals surface area contributed by atoms with Crippen molar-refractivity contribution in [2.24, 2.45) is 17.0 Å². The first-order valence-electron chi connectivity index (χ1n) is 15.8. The summed E-state index contributed by atoms with van der Waals surface area (Å²) in [6, 6.07) is 9.31. The Hall–Kier alpha value is -3.27. The summed E-state index contributed by atoms with van der Waals surface area (Å²) < 4.78 is 1.92. The Kier molecular flexibility index (Phi) is 8.60. The molecule has 2 saturated carbocycles. The molecule has 226 valence electrons. The summed E-state index contributed by atoms with van der Waals surface area (Å²) in [6.45, 7) is -0.643. The van der Waals surface area contributed by atoms with Gasteiger partial charge < -0.3 is 19.8 Å². The maximum Gasteiger partial charge on any atom is 0.344 e. The second kappa shape index (κ2) is 12.5. The summed E-state index contributed by atoms with van der Waals surface area (Å²) in [4.78, 5) is 50.1. The molecule has 6 rings (SSSR count). The zero-order valence-corrected chi connectivity index (χ0v) is 24.5. The van der Waals surface area contributed by atoms with Crippen LogP contribution in [0.15, 0.2) is 34.2 Å². The highest BCUT2D eigenvalue weighted by Crippen LogP contribution is 2.47. The third kappa shape index (κ3) is 5.96. The van der Waals surface area contributed by atoms with Gasteiger partial charge in [0.25, 0.3) is 5.56 Å². The summed E-state index contributed by atoms with van der Waals surface area (Å²) in [5.41, 5.74) is 1.52. The molecule has 2 N–H and O–H groups in total. The monoisotopic (exact) mass is 577 g/mol. The van der Waals surface area contributed by atoms with E-state index in [2.05, 4.69) is 15.4 Å². The molecule has 4 unspecified atom stereocenters. The van der Waals surface area contributed by atoms with Gasteiger partial charge in [-0.15, -0.1) is 0 Å². The molecule has 4 aliphatic rings. The molecule has 2 saturated heterocycles. The van der Waals surface area contributed by atoms with Crippen molar-refractivity contribution in [3.63, 3.8) is 0 Å². The number of aromatic nitrogens is 2. The van der Waals surface area contributed by atoms with Gasteiger partial charge >= 0.3 is 5.97 Å². The molecule has 10 nitrogen and oxygen atoms in total. The van der Waals surface area contributed by atoms with Gasteiger partial charge in [0.05, 0.1) is 11.0 Å². The van der Waals surface area contributed by atoms with Gasteiger partial charge in [0.1, 0.15) is 5.71 Å². The number of hydrogen-bond donors (Lipinski definition) is 2. The van der Waals surface area contributed by atoms with Gasteiger partial charge in [0.15, 0.2) is 5.69 Å². The quantitative estimate of drug-likeness (QED) is 0.337. The number of fused-ring (bicyclic) bond motifs is 5. The number of benzene rings is 1. The standard InChI is InChI=1S/C32H43N5O5/c1-33-29(38)13-12-27(35-42-19-30(39)40)31-32(41)37(28-11-3-2-10-26(28)34-31)25-17-22-8-5-9-23(18-25)36(22)24-15-20-6-4-7-21(14-20)16-24/h2-3,10-11,20-25H,4-9,12-19H2,1H3,(H,33,38)(H,39,40).